The number of benzene rings is 2. The third-order valence-electron chi connectivity index (χ3n) is 3.66. The Balaban J connectivity index is 1.94. The zero-order valence-corrected chi connectivity index (χ0v) is 13.9. The molecule has 0 saturated carbocycles. The Morgan fingerprint density at radius 1 is 1.21 bits per heavy atom. The Morgan fingerprint density at radius 2 is 2.04 bits per heavy atom. The van der Waals surface area contributed by atoms with E-state index in [0.717, 1.165) is 22.0 Å². The molecule has 4 aromatic rings. The molecule has 0 amide bonds. The lowest BCUT2D eigenvalue weighted by atomic mass is 10.1. The molecule has 0 atom stereocenters. The molecule has 0 aliphatic rings. The van der Waals surface area contributed by atoms with Gasteiger partial charge in [0.05, 0.1) is 21.5 Å². The van der Waals surface area contributed by atoms with Gasteiger partial charge in [0.2, 0.25) is 5.13 Å². The molecule has 0 spiro atoms. The second kappa shape index (κ2) is 5.74. The van der Waals surface area contributed by atoms with Crippen LogP contribution in [0.25, 0.3) is 26.6 Å². The van der Waals surface area contributed by atoms with E-state index >= 15 is 0 Å². The van der Waals surface area contributed by atoms with E-state index < -0.39 is 0 Å². The summed E-state index contributed by atoms with van der Waals surface area (Å²) in [5, 5.41) is 11.8. The van der Waals surface area contributed by atoms with Crippen LogP contribution in [0.2, 0.25) is 5.02 Å². The Kier molecular flexibility index (Phi) is 3.55. The van der Waals surface area contributed by atoms with E-state index in [0.29, 0.717) is 15.8 Å². The second-order valence-corrected chi connectivity index (χ2v) is 6.61. The summed E-state index contributed by atoms with van der Waals surface area (Å²) in [5.41, 5.74) is 2.10. The van der Waals surface area contributed by atoms with E-state index in [1.54, 1.807) is 18.2 Å². The van der Waals surface area contributed by atoms with Gasteiger partial charge in [0.15, 0.2) is 0 Å². The van der Waals surface area contributed by atoms with Gasteiger partial charge in [-0.05, 0) is 24.3 Å². The number of halogens is 1. The number of aromatic amines is 1. The van der Waals surface area contributed by atoms with Crippen LogP contribution in [0, 0.1) is 5.41 Å². The van der Waals surface area contributed by atoms with Crippen molar-refractivity contribution in [2.75, 3.05) is 0 Å². The molecule has 4 rings (SSSR count). The van der Waals surface area contributed by atoms with Gasteiger partial charge in [0, 0.05) is 16.8 Å². The van der Waals surface area contributed by atoms with Crippen molar-refractivity contribution in [2.45, 2.75) is 0 Å². The fraction of sp³-hybridized carbons (Fsp3) is 0. The first-order valence-electron chi connectivity index (χ1n) is 7.15. The minimum Gasteiger partial charge on any atom is -0.308 e. The standard InChI is InChI=1S/C17H11ClN4OS/c18-11-5-3-4-10(8-11)15-12(9-19)16(23)22(21-15)17-20-13-6-1-2-7-14(13)24-17/h1-9,19,21H. The maximum Gasteiger partial charge on any atom is 0.282 e. The molecular weight excluding hydrogens is 344 g/mol. The molecule has 0 fully saturated rings. The molecule has 7 heteroatoms. The Labute approximate surface area is 145 Å². The fourth-order valence-corrected chi connectivity index (χ4v) is 3.65. The maximum atomic E-state index is 12.7. The first kappa shape index (κ1) is 14.9. The number of hydrogen-bond acceptors (Lipinski definition) is 4. The molecule has 0 radical (unpaired) electrons. The Bertz CT molecular complexity index is 1090. The van der Waals surface area contributed by atoms with Crippen LogP contribution in [-0.4, -0.2) is 21.0 Å². The summed E-state index contributed by atoms with van der Waals surface area (Å²) < 4.78 is 2.37. The van der Waals surface area contributed by atoms with E-state index in [4.69, 9.17) is 17.0 Å². The van der Waals surface area contributed by atoms with Gasteiger partial charge < -0.3 is 5.41 Å². The van der Waals surface area contributed by atoms with Crippen molar-refractivity contribution in [3.05, 3.63) is 69.5 Å². The molecular formula is C17H11ClN4OS. The van der Waals surface area contributed by atoms with Crippen molar-refractivity contribution in [3.8, 4) is 16.4 Å². The first-order chi connectivity index (χ1) is 11.7. The highest BCUT2D eigenvalue weighted by Crippen LogP contribution is 2.26. The predicted octanol–water partition coefficient (Wildman–Crippen LogP) is 4.09. The van der Waals surface area contributed by atoms with Gasteiger partial charge in [-0.2, -0.15) is 4.68 Å². The van der Waals surface area contributed by atoms with E-state index in [1.807, 2.05) is 30.3 Å². The van der Waals surface area contributed by atoms with Crippen LogP contribution in [0.4, 0.5) is 0 Å². The van der Waals surface area contributed by atoms with Crippen LogP contribution in [0.5, 0.6) is 0 Å². The van der Waals surface area contributed by atoms with Crippen LogP contribution in [-0.2, 0) is 0 Å². The number of nitrogens with one attached hydrogen (secondary N) is 2. The molecule has 2 aromatic heterocycles. The predicted molar refractivity (Wildman–Crippen MR) is 97.9 cm³/mol. The average molecular weight is 355 g/mol. The van der Waals surface area contributed by atoms with E-state index in [1.165, 1.54) is 16.0 Å². The zero-order valence-electron chi connectivity index (χ0n) is 12.3. The van der Waals surface area contributed by atoms with E-state index in [2.05, 4.69) is 10.1 Å². The molecule has 5 nitrogen and oxygen atoms in total. The van der Waals surface area contributed by atoms with Gasteiger partial charge in [0.25, 0.3) is 5.56 Å². The van der Waals surface area contributed by atoms with Crippen molar-refractivity contribution < 1.29 is 0 Å². The summed E-state index contributed by atoms with van der Waals surface area (Å²) in [4.78, 5) is 17.2. The topological polar surface area (TPSA) is 74.5 Å². The van der Waals surface area contributed by atoms with Crippen molar-refractivity contribution in [3.63, 3.8) is 0 Å². The highest BCUT2D eigenvalue weighted by atomic mass is 35.5. The molecule has 0 bridgehead atoms. The van der Waals surface area contributed by atoms with Crippen molar-refractivity contribution in [1.82, 2.24) is 14.8 Å². The number of para-hydroxylation sites is 1. The second-order valence-electron chi connectivity index (χ2n) is 5.16. The number of rotatable bonds is 3. The van der Waals surface area contributed by atoms with Crippen LogP contribution in [0.1, 0.15) is 5.56 Å². The highest BCUT2D eigenvalue weighted by Gasteiger charge is 2.17. The van der Waals surface area contributed by atoms with Crippen molar-refractivity contribution in [2.24, 2.45) is 0 Å². The molecule has 2 aromatic carbocycles. The van der Waals surface area contributed by atoms with Crippen molar-refractivity contribution >= 4 is 39.4 Å². The van der Waals surface area contributed by atoms with Gasteiger partial charge in [-0.3, -0.25) is 9.89 Å². The number of hydrogen-bond donors (Lipinski definition) is 2. The molecule has 0 aliphatic carbocycles. The van der Waals surface area contributed by atoms with Gasteiger partial charge in [0.1, 0.15) is 0 Å². The molecule has 2 N–H and O–H groups in total. The van der Waals surface area contributed by atoms with Gasteiger partial charge in [-0.15, -0.1) is 0 Å². The summed E-state index contributed by atoms with van der Waals surface area (Å²) >= 11 is 7.46. The first-order valence-corrected chi connectivity index (χ1v) is 8.34. The quantitative estimate of drug-likeness (QED) is 0.544. The van der Waals surface area contributed by atoms with Gasteiger partial charge in [-0.25, -0.2) is 4.98 Å². The van der Waals surface area contributed by atoms with Crippen LogP contribution in [0.15, 0.2) is 53.3 Å². The lowest BCUT2D eigenvalue weighted by molar-refractivity contribution is 0.845. The van der Waals surface area contributed by atoms with Crippen molar-refractivity contribution in [1.29, 1.82) is 5.41 Å². The summed E-state index contributed by atoms with van der Waals surface area (Å²) in [6, 6.07) is 14.9. The number of fused-ring (bicyclic) bond motifs is 1. The van der Waals surface area contributed by atoms with E-state index in [-0.39, 0.29) is 11.1 Å². The van der Waals surface area contributed by atoms with Crippen LogP contribution in [0.3, 0.4) is 0 Å². The monoisotopic (exact) mass is 354 g/mol. The average Bonchev–Trinajstić information content (AvgIpc) is 3.15. The summed E-state index contributed by atoms with van der Waals surface area (Å²) in [6.45, 7) is 0. The molecule has 24 heavy (non-hydrogen) atoms. The highest BCUT2D eigenvalue weighted by molar-refractivity contribution is 7.20. The third kappa shape index (κ3) is 2.36. The summed E-state index contributed by atoms with van der Waals surface area (Å²) in [5.74, 6) is 0. The molecule has 118 valence electrons. The van der Waals surface area contributed by atoms with Gasteiger partial charge >= 0.3 is 0 Å². The van der Waals surface area contributed by atoms with Crippen LogP contribution >= 0.6 is 22.9 Å². The Hall–Kier alpha value is -2.70. The van der Waals surface area contributed by atoms with Crippen LogP contribution < -0.4 is 5.56 Å². The molecule has 0 aliphatic heterocycles. The SMILES string of the molecule is N=Cc1c(-c2cccc(Cl)c2)[nH]n(-c2nc3ccccc3s2)c1=O. The molecule has 2 heterocycles. The number of thiazole rings is 1. The molecule has 0 unspecified atom stereocenters. The summed E-state index contributed by atoms with van der Waals surface area (Å²) in [7, 11) is 0. The largest absolute Gasteiger partial charge is 0.308 e. The lowest BCUT2D eigenvalue weighted by Crippen LogP contribution is -2.16. The maximum absolute atomic E-state index is 12.7. The summed E-state index contributed by atoms with van der Waals surface area (Å²) in [6.07, 6.45) is 1.05. The number of aromatic nitrogens is 3. The Morgan fingerprint density at radius 3 is 2.79 bits per heavy atom. The smallest absolute Gasteiger partial charge is 0.282 e. The van der Waals surface area contributed by atoms with E-state index in [9.17, 15) is 4.79 Å². The number of H-pyrrole nitrogens is 1. The lowest BCUT2D eigenvalue weighted by Gasteiger charge is -2.00. The normalized spacial score (nSPS) is 11.0. The fourth-order valence-electron chi connectivity index (χ4n) is 2.54. The minimum atomic E-state index is -0.306. The zero-order chi connectivity index (χ0) is 16.7. The third-order valence-corrected chi connectivity index (χ3v) is 4.91. The van der Waals surface area contributed by atoms with Gasteiger partial charge in [-0.1, -0.05) is 47.2 Å². The minimum absolute atomic E-state index is 0.275. The number of nitrogens with zero attached hydrogens (tertiary/aromatic N) is 2. The molecule has 0 saturated heterocycles.